The number of hydrogen-bond donors (Lipinski definition) is 2. The molecule has 0 aliphatic carbocycles. The molecular weight excluding hydrogens is 252 g/mol. The summed E-state index contributed by atoms with van der Waals surface area (Å²) in [6.07, 6.45) is 0. The highest BCUT2D eigenvalue weighted by atomic mass is 32.2. The zero-order valence-corrected chi connectivity index (χ0v) is 10.1. The van der Waals surface area contributed by atoms with Gasteiger partial charge in [0.1, 0.15) is 10.8 Å². The van der Waals surface area contributed by atoms with E-state index in [9.17, 15) is 10.1 Å². The summed E-state index contributed by atoms with van der Waals surface area (Å²) < 4.78 is 0. The zero-order chi connectivity index (χ0) is 13.0. The van der Waals surface area contributed by atoms with Crippen LogP contribution in [0.3, 0.4) is 0 Å². The molecule has 0 aliphatic rings. The van der Waals surface area contributed by atoms with E-state index in [0.29, 0.717) is 5.82 Å². The second-order valence-corrected chi connectivity index (χ2v) is 4.45. The third kappa shape index (κ3) is 2.96. The molecule has 0 saturated carbocycles. The number of rotatable bonds is 4. The molecule has 92 valence electrons. The van der Waals surface area contributed by atoms with E-state index in [-0.39, 0.29) is 5.69 Å². The van der Waals surface area contributed by atoms with E-state index >= 15 is 0 Å². The number of nitrogens with two attached hydrogens (primary N) is 1. The van der Waals surface area contributed by atoms with Crippen molar-refractivity contribution < 1.29 is 4.92 Å². The van der Waals surface area contributed by atoms with E-state index in [1.807, 2.05) is 12.1 Å². The molecule has 0 amide bonds. The minimum atomic E-state index is -0.425. The highest BCUT2D eigenvalue weighted by molar-refractivity contribution is 7.99. The highest BCUT2D eigenvalue weighted by Gasteiger charge is 2.05. The third-order valence-electron chi connectivity index (χ3n) is 2.14. The van der Waals surface area contributed by atoms with E-state index in [1.165, 1.54) is 23.9 Å². The summed E-state index contributed by atoms with van der Waals surface area (Å²) in [7, 11) is 0. The molecule has 0 saturated heterocycles. The second-order valence-electron chi connectivity index (χ2n) is 3.36. The number of benzene rings is 1. The zero-order valence-electron chi connectivity index (χ0n) is 9.24. The van der Waals surface area contributed by atoms with E-state index in [4.69, 9.17) is 5.84 Å². The molecule has 1 aromatic heterocycles. The van der Waals surface area contributed by atoms with Crippen LogP contribution in [0.25, 0.3) is 0 Å². The van der Waals surface area contributed by atoms with Gasteiger partial charge in [-0.1, -0.05) is 17.8 Å². The molecule has 1 aromatic carbocycles. The summed E-state index contributed by atoms with van der Waals surface area (Å²) in [6, 6.07) is 11.7. The van der Waals surface area contributed by atoms with Crippen molar-refractivity contribution in [1.29, 1.82) is 0 Å². The molecule has 0 aliphatic heterocycles. The SMILES string of the molecule is NNc1cccc(Sc2ccc([N+](=O)[O-])cc2)n1. The first-order chi connectivity index (χ1) is 8.69. The normalized spacial score (nSPS) is 10.1. The maximum atomic E-state index is 10.5. The Balaban J connectivity index is 2.15. The van der Waals surface area contributed by atoms with Gasteiger partial charge < -0.3 is 5.43 Å². The number of nitrogen functional groups attached to an aromatic ring is 1. The van der Waals surface area contributed by atoms with Gasteiger partial charge in [0.05, 0.1) is 4.92 Å². The van der Waals surface area contributed by atoms with Crippen LogP contribution < -0.4 is 11.3 Å². The van der Waals surface area contributed by atoms with Crippen LogP contribution in [0.5, 0.6) is 0 Å². The Morgan fingerprint density at radius 2 is 1.94 bits per heavy atom. The van der Waals surface area contributed by atoms with Crippen LogP contribution in [-0.2, 0) is 0 Å². The van der Waals surface area contributed by atoms with Crippen LogP contribution in [0.1, 0.15) is 0 Å². The number of hydrogen-bond acceptors (Lipinski definition) is 6. The summed E-state index contributed by atoms with van der Waals surface area (Å²) in [5, 5.41) is 11.3. The first kappa shape index (κ1) is 12.3. The molecule has 1 heterocycles. The van der Waals surface area contributed by atoms with E-state index in [0.717, 1.165) is 9.92 Å². The summed E-state index contributed by atoms with van der Waals surface area (Å²) in [5.41, 5.74) is 2.54. The number of nitrogens with zero attached hydrogens (tertiary/aromatic N) is 2. The fourth-order valence-electron chi connectivity index (χ4n) is 1.31. The number of hydrazine groups is 1. The quantitative estimate of drug-likeness (QED) is 0.499. The Morgan fingerprint density at radius 1 is 1.22 bits per heavy atom. The van der Waals surface area contributed by atoms with Crippen molar-refractivity contribution in [1.82, 2.24) is 4.98 Å². The number of nitrogens with one attached hydrogen (secondary N) is 1. The highest BCUT2D eigenvalue weighted by Crippen LogP contribution is 2.28. The van der Waals surface area contributed by atoms with Gasteiger partial charge in [0.15, 0.2) is 0 Å². The molecule has 0 radical (unpaired) electrons. The Bertz CT molecular complexity index is 559. The average Bonchev–Trinajstić information content (AvgIpc) is 2.39. The third-order valence-corrected chi connectivity index (χ3v) is 3.09. The molecule has 0 unspecified atom stereocenters. The molecule has 2 rings (SSSR count). The molecule has 6 nitrogen and oxygen atoms in total. The Hall–Kier alpha value is -2.12. The Morgan fingerprint density at radius 3 is 2.56 bits per heavy atom. The van der Waals surface area contributed by atoms with Crippen molar-refractivity contribution in [2.75, 3.05) is 5.43 Å². The maximum absolute atomic E-state index is 10.5. The first-order valence-electron chi connectivity index (χ1n) is 5.05. The first-order valence-corrected chi connectivity index (χ1v) is 5.86. The fraction of sp³-hybridized carbons (Fsp3) is 0. The van der Waals surface area contributed by atoms with Crippen molar-refractivity contribution in [3.8, 4) is 0 Å². The number of nitro benzene ring substituents is 1. The van der Waals surface area contributed by atoms with Crippen molar-refractivity contribution in [2.45, 2.75) is 9.92 Å². The van der Waals surface area contributed by atoms with E-state index in [1.54, 1.807) is 18.2 Å². The lowest BCUT2D eigenvalue weighted by atomic mass is 10.3. The van der Waals surface area contributed by atoms with Gasteiger partial charge in [0.2, 0.25) is 0 Å². The number of non-ortho nitro benzene ring substituents is 1. The number of nitro groups is 1. The number of anilines is 1. The van der Waals surface area contributed by atoms with Crippen LogP contribution >= 0.6 is 11.8 Å². The number of pyridine rings is 1. The summed E-state index contributed by atoms with van der Waals surface area (Å²) in [6.45, 7) is 0. The molecule has 2 aromatic rings. The predicted molar refractivity (Wildman–Crippen MR) is 69.3 cm³/mol. The van der Waals surface area contributed by atoms with E-state index < -0.39 is 4.92 Å². The summed E-state index contributed by atoms with van der Waals surface area (Å²) in [4.78, 5) is 15.2. The van der Waals surface area contributed by atoms with Crippen LogP contribution in [-0.4, -0.2) is 9.91 Å². The molecule has 0 atom stereocenters. The lowest BCUT2D eigenvalue weighted by molar-refractivity contribution is -0.384. The average molecular weight is 262 g/mol. The molecule has 0 spiro atoms. The topological polar surface area (TPSA) is 94.1 Å². The second kappa shape index (κ2) is 5.48. The van der Waals surface area contributed by atoms with Crippen molar-refractivity contribution in [3.05, 3.63) is 52.6 Å². The van der Waals surface area contributed by atoms with E-state index in [2.05, 4.69) is 10.4 Å². The minimum absolute atomic E-state index is 0.0738. The van der Waals surface area contributed by atoms with Gasteiger partial charge in [-0.3, -0.25) is 10.1 Å². The van der Waals surface area contributed by atoms with Gasteiger partial charge in [0, 0.05) is 17.0 Å². The van der Waals surface area contributed by atoms with Crippen molar-refractivity contribution >= 4 is 23.3 Å². The molecule has 0 fully saturated rings. The molecule has 3 N–H and O–H groups in total. The lowest BCUT2D eigenvalue weighted by Gasteiger charge is -2.03. The largest absolute Gasteiger partial charge is 0.308 e. The molecule has 7 heteroatoms. The maximum Gasteiger partial charge on any atom is 0.269 e. The van der Waals surface area contributed by atoms with Crippen molar-refractivity contribution in [2.24, 2.45) is 5.84 Å². The van der Waals surface area contributed by atoms with Gasteiger partial charge >= 0.3 is 0 Å². The predicted octanol–water partition coefficient (Wildman–Crippen LogP) is 2.43. The Labute approximate surface area is 107 Å². The molecule has 0 bridgehead atoms. The van der Waals surface area contributed by atoms with Crippen LogP contribution in [0.15, 0.2) is 52.4 Å². The lowest BCUT2D eigenvalue weighted by Crippen LogP contribution is -2.08. The Kier molecular flexibility index (Phi) is 3.75. The van der Waals surface area contributed by atoms with Gasteiger partial charge in [-0.2, -0.15) is 0 Å². The molecule has 18 heavy (non-hydrogen) atoms. The van der Waals surface area contributed by atoms with Crippen LogP contribution in [0.2, 0.25) is 0 Å². The smallest absolute Gasteiger partial charge is 0.269 e. The number of aromatic nitrogens is 1. The molecular formula is C11H10N4O2S. The van der Waals surface area contributed by atoms with Gasteiger partial charge in [0.25, 0.3) is 5.69 Å². The standard InChI is InChI=1S/C11H10N4O2S/c12-14-10-2-1-3-11(13-10)18-9-6-4-8(5-7-9)15(16)17/h1-7H,12H2,(H,13,14). The van der Waals surface area contributed by atoms with Gasteiger partial charge in [-0.15, -0.1) is 0 Å². The summed E-state index contributed by atoms with van der Waals surface area (Å²) in [5.74, 6) is 5.84. The fourth-order valence-corrected chi connectivity index (χ4v) is 2.11. The summed E-state index contributed by atoms with van der Waals surface area (Å²) >= 11 is 1.41. The van der Waals surface area contributed by atoms with Crippen LogP contribution in [0.4, 0.5) is 11.5 Å². The minimum Gasteiger partial charge on any atom is -0.308 e. The monoisotopic (exact) mass is 262 g/mol. The van der Waals surface area contributed by atoms with Crippen molar-refractivity contribution in [3.63, 3.8) is 0 Å². The van der Waals surface area contributed by atoms with Gasteiger partial charge in [-0.25, -0.2) is 10.8 Å². The van der Waals surface area contributed by atoms with Gasteiger partial charge in [-0.05, 0) is 24.3 Å². The van der Waals surface area contributed by atoms with Crippen LogP contribution in [0, 0.1) is 10.1 Å².